The number of halogens is 3. The monoisotopic (exact) mass is 496 g/mol. The summed E-state index contributed by atoms with van der Waals surface area (Å²) in [6.07, 6.45) is 6.10. The average molecular weight is 498 g/mol. The molecule has 2 heterocycles. The predicted molar refractivity (Wildman–Crippen MR) is 128 cm³/mol. The third-order valence-electron chi connectivity index (χ3n) is 4.58. The number of aryl methyl sites for hydroxylation is 1. The van der Waals surface area contributed by atoms with E-state index in [0.29, 0.717) is 27.3 Å². The molecule has 0 unspecified atom stereocenters. The number of carbonyl (C=O) groups excluding carboxylic acids is 1. The number of methoxy groups -OCH3 is 1. The Bertz CT molecular complexity index is 1180. The lowest BCUT2D eigenvalue weighted by molar-refractivity contribution is 0.0986. The molecule has 0 atom stereocenters. The van der Waals surface area contributed by atoms with Gasteiger partial charge in [0.2, 0.25) is 0 Å². The molecular weight excluding hydrogens is 479 g/mol. The molecule has 0 saturated heterocycles. The minimum Gasteiger partial charge on any atom is -0.497 e. The number of ether oxygens (including phenoxy) is 1. The summed E-state index contributed by atoms with van der Waals surface area (Å²) in [7, 11) is 1.62. The summed E-state index contributed by atoms with van der Waals surface area (Å²) in [5.74, 6) is 0.507. The zero-order valence-electron chi connectivity index (χ0n) is 16.5. The van der Waals surface area contributed by atoms with Crippen LogP contribution in [-0.4, -0.2) is 34.1 Å². The first-order valence-corrected chi connectivity index (χ1v) is 10.8. The van der Waals surface area contributed by atoms with Gasteiger partial charge in [-0.25, -0.2) is 9.97 Å². The van der Waals surface area contributed by atoms with Gasteiger partial charge in [-0.3, -0.25) is 9.69 Å². The number of fused-ring (bicyclic) bond motifs is 1. The van der Waals surface area contributed by atoms with Crippen LogP contribution in [0.3, 0.4) is 0 Å². The first kappa shape index (κ1) is 23.3. The number of benzene rings is 2. The van der Waals surface area contributed by atoms with Crippen LogP contribution >= 0.6 is 46.9 Å². The predicted octanol–water partition coefficient (Wildman–Crippen LogP) is 5.97. The summed E-state index contributed by atoms with van der Waals surface area (Å²) in [6, 6.07) is 10.5. The van der Waals surface area contributed by atoms with Crippen molar-refractivity contribution in [3.8, 4) is 5.75 Å². The molecule has 0 saturated carbocycles. The number of thiazole rings is 1. The molecule has 31 heavy (non-hydrogen) atoms. The number of aromatic nitrogens is 3. The van der Waals surface area contributed by atoms with Crippen molar-refractivity contribution >= 4 is 68.2 Å². The minimum absolute atomic E-state index is 0. The van der Waals surface area contributed by atoms with Gasteiger partial charge >= 0.3 is 0 Å². The van der Waals surface area contributed by atoms with Crippen LogP contribution in [0, 0.1) is 0 Å². The van der Waals surface area contributed by atoms with Crippen LogP contribution in [-0.2, 0) is 6.54 Å². The second-order valence-corrected chi connectivity index (χ2v) is 8.42. The number of amides is 1. The van der Waals surface area contributed by atoms with E-state index in [9.17, 15) is 4.79 Å². The number of rotatable bonds is 7. The van der Waals surface area contributed by atoms with Gasteiger partial charge in [0.15, 0.2) is 5.13 Å². The van der Waals surface area contributed by atoms with Gasteiger partial charge in [0.1, 0.15) is 5.75 Å². The molecule has 0 radical (unpaired) electrons. The van der Waals surface area contributed by atoms with E-state index >= 15 is 0 Å². The molecule has 4 rings (SSSR count). The molecule has 2 aromatic carbocycles. The number of hydrogen-bond donors (Lipinski definition) is 0. The van der Waals surface area contributed by atoms with E-state index in [1.54, 1.807) is 42.7 Å². The van der Waals surface area contributed by atoms with Gasteiger partial charge in [-0.05, 0) is 42.8 Å². The van der Waals surface area contributed by atoms with Crippen molar-refractivity contribution in [1.82, 2.24) is 14.5 Å². The van der Waals surface area contributed by atoms with E-state index in [4.69, 9.17) is 27.9 Å². The number of nitrogens with zero attached hydrogens (tertiary/aromatic N) is 4. The maximum Gasteiger partial charge on any atom is 0.261 e. The van der Waals surface area contributed by atoms with Crippen LogP contribution in [0.2, 0.25) is 10.0 Å². The maximum absolute atomic E-state index is 13.4. The van der Waals surface area contributed by atoms with E-state index in [1.807, 2.05) is 29.0 Å². The van der Waals surface area contributed by atoms with Crippen molar-refractivity contribution < 1.29 is 9.53 Å². The van der Waals surface area contributed by atoms with Crippen LogP contribution < -0.4 is 9.64 Å². The molecule has 0 aliphatic carbocycles. The standard InChI is InChI=1S/C21H18Cl2N4O2S.ClH/c1-29-15-4-6-18-19(12-15)30-21(25-18)27(9-2-8-26-10-7-24-13-26)20(28)16-11-14(22)3-5-17(16)23;/h3-7,10-13H,2,8-9H2,1H3;1H. The zero-order valence-corrected chi connectivity index (χ0v) is 19.6. The van der Waals surface area contributed by atoms with Gasteiger partial charge in [0.25, 0.3) is 5.91 Å². The summed E-state index contributed by atoms with van der Waals surface area (Å²) in [5.41, 5.74) is 1.16. The van der Waals surface area contributed by atoms with Crippen LogP contribution in [0.4, 0.5) is 5.13 Å². The van der Waals surface area contributed by atoms with Crippen molar-refractivity contribution in [2.24, 2.45) is 0 Å². The highest BCUT2D eigenvalue weighted by Gasteiger charge is 2.23. The molecule has 162 valence electrons. The molecule has 0 spiro atoms. The summed E-state index contributed by atoms with van der Waals surface area (Å²) in [6.45, 7) is 1.20. The lowest BCUT2D eigenvalue weighted by atomic mass is 10.2. The normalized spacial score (nSPS) is 10.7. The van der Waals surface area contributed by atoms with E-state index in [-0.39, 0.29) is 18.3 Å². The largest absolute Gasteiger partial charge is 0.497 e. The Morgan fingerprint density at radius 2 is 2.06 bits per heavy atom. The maximum atomic E-state index is 13.4. The van der Waals surface area contributed by atoms with Crippen molar-refractivity contribution in [3.63, 3.8) is 0 Å². The summed E-state index contributed by atoms with van der Waals surface area (Å²) in [5, 5.41) is 1.41. The third-order valence-corrected chi connectivity index (χ3v) is 6.18. The molecule has 10 heteroatoms. The fourth-order valence-corrected chi connectivity index (χ4v) is 4.45. The Morgan fingerprint density at radius 3 is 2.81 bits per heavy atom. The quantitative estimate of drug-likeness (QED) is 0.316. The van der Waals surface area contributed by atoms with Gasteiger partial charge in [-0.15, -0.1) is 12.4 Å². The molecule has 6 nitrogen and oxygen atoms in total. The van der Waals surface area contributed by atoms with Gasteiger partial charge in [0.05, 0.1) is 34.2 Å². The molecule has 0 aliphatic heterocycles. The van der Waals surface area contributed by atoms with Gasteiger partial charge < -0.3 is 9.30 Å². The number of carbonyl (C=O) groups is 1. The van der Waals surface area contributed by atoms with Crippen molar-refractivity contribution in [3.05, 3.63) is 70.7 Å². The van der Waals surface area contributed by atoms with Gasteiger partial charge in [-0.2, -0.15) is 0 Å². The highest BCUT2D eigenvalue weighted by molar-refractivity contribution is 7.22. The van der Waals surface area contributed by atoms with E-state index < -0.39 is 0 Å². The van der Waals surface area contributed by atoms with Crippen LogP contribution in [0.25, 0.3) is 10.2 Å². The fraction of sp³-hybridized carbons (Fsp3) is 0.190. The lowest BCUT2D eigenvalue weighted by Crippen LogP contribution is -2.32. The van der Waals surface area contributed by atoms with E-state index in [1.165, 1.54) is 11.3 Å². The van der Waals surface area contributed by atoms with Crippen LogP contribution in [0.15, 0.2) is 55.1 Å². The Balaban J connectivity index is 0.00000272. The molecule has 1 amide bonds. The van der Waals surface area contributed by atoms with E-state index in [2.05, 4.69) is 9.97 Å². The molecule has 4 aromatic rings. The third kappa shape index (κ3) is 5.30. The highest BCUT2D eigenvalue weighted by atomic mass is 35.5. The SMILES string of the molecule is COc1ccc2nc(N(CCCn3ccnc3)C(=O)c3cc(Cl)ccc3Cl)sc2c1.Cl. The first-order chi connectivity index (χ1) is 14.5. The average Bonchev–Trinajstić information content (AvgIpc) is 3.41. The fourth-order valence-electron chi connectivity index (χ4n) is 3.06. The Hall–Kier alpha value is -2.32. The Kier molecular flexibility index (Phi) is 7.78. The van der Waals surface area contributed by atoms with Crippen LogP contribution in [0.1, 0.15) is 16.8 Å². The minimum atomic E-state index is -0.237. The first-order valence-electron chi connectivity index (χ1n) is 9.22. The second kappa shape index (κ2) is 10.3. The van der Waals surface area contributed by atoms with Crippen molar-refractivity contribution in [2.75, 3.05) is 18.6 Å². The number of hydrogen-bond acceptors (Lipinski definition) is 5. The molecular formula is C21H19Cl3N4O2S. The van der Waals surface area contributed by atoms with Gasteiger partial charge in [-0.1, -0.05) is 34.5 Å². The number of imidazole rings is 1. The molecule has 0 fully saturated rings. The Morgan fingerprint density at radius 1 is 1.23 bits per heavy atom. The number of anilines is 1. The lowest BCUT2D eigenvalue weighted by Gasteiger charge is -2.20. The topological polar surface area (TPSA) is 60.2 Å². The molecule has 0 aliphatic rings. The summed E-state index contributed by atoms with van der Waals surface area (Å²) < 4.78 is 8.21. The van der Waals surface area contributed by atoms with E-state index in [0.717, 1.165) is 28.9 Å². The molecule has 2 aromatic heterocycles. The summed E-state index contributed by atoms with van der Waals surface area (Å²) in [4.78, 5) is 23.8. The molecule has 0 N–H and O–H groups in total. The zero-order chi connectivity index (χ0) is 21.1. The van der Waals surface area contributed by atoms with Crippen molar-refractivity contribution in [2.45, 2.75) is 13.0 Å². The Labute approximate surface area is 199 Å². The highest BCUT2D eigenvalue weighted by Crippen LogP contribution is 2.33. The molecule has 0 bridgehead atoms. The smallest absolute Gasteiger partial charge is 0.261 e. The second-order valence-electron chi connectivity index (χ2n) is 6.57. The van der Waals surface area contributed by atoms with Crippen LogP contribution in [0.5, 0.6) is 5.75 Å². The summed E-state index contributed by atoms with van der Waals surface area (Å²) >= 11 is 13.9. The van der Waals surface area contributed by atoms with Gasteiger partial charge in [0, 0.05) is 30.5 Å². The van der Waals surface area contributed by atoms with Crippen molar-refractivity contribution in [1.29, 1.82) is 0 Å².